The molecule has 1 aliphatic carbocycles. The van der Waals surface area contributed by atoms with Crippen molar-refractivity contribution in [2.24, 2.45) is 5.92 Å². The molecule has 0 aromatic carbocycles. The van der Waals surface area contributed by atoms with Crippen LogP contribution in [0.5, 0.6) is 0 Å². The molecule has 3 atom stereocenters. The van der Waals surface area contributed by atoms with Crippen LogP contribution in [-0.4, -0.2) is 39.4 Å². The third kappa shape index (κ3) is 3.70. The summed E-state index contributed by atoms with van der Waals surface area (Å²) in [6, 6.07) is 0. The Balaban J connectivity index is 0.00000106. The summed E-state index contributed by atoms with van der Waals surface area (Å²) in [5.41, 5.74) is 0.408. The minimum absolute atomic E-state index is 0.0880. The second-order valence-electron chi connectivity index (χ2n) is 3.96. The van der Waals surface area contributed by atoms with Gasteiger partial charge in [0.2, 0.25) is 0 Å². The van der Waals surface area contributed by atoms with Crippen molar-refractivity contribution < 1.29 is 20.1 Å². The molecule has 0 fully saturated rings. The average molecular weight is 230 g/mol. The predicted molar refractivity (Wildman–Crippen MR) is 61.9 cm³/mol. The van der Waals surface area contributed by atoms with Gasteiger partial charge in [0.15, 0.2) is 5.78 Å². The Bertz CT molecular complexity index is 258. The summed E-state index contributed by atoms with van der Waals surface area (Å²) < 4.78 is 0. The summed E-state index contributed by atoms with van der Waals surface area (Å²) in [7, 11) is 0. The van der Waals surface area contributed by atoms with Crippen molar-refractivity contribution in [1.82, 2.24) is 0 Å². The lowest BCUT2D eigenvalue weighted by Gasteiger charge is -2.27. The third-order valence-electron chi connectivity index (χ3n) is 2.39. The Morgan fingerprint density at radius 2 is 1.81 bits per heavy atom. The highest BCUT2D eigenvalue weighted by atomic mass is 16.4. The molecule has 0 aromatic heterocycles. The van der Waals surface area contributed by atoms with Crippen LogP contribution in [0, 0.1) is 5.92 Å². The highest BCUT2D eigenvalue weighted by molar-refractivity contribution is 5.97. The molecule has 0 saturated carbocycles. The highest BCUT2D eigenvalue weighted by Crippen LogP contribution is 2.22. The smallest absolute Gasteiger partial charge is 0.161 e. The molecule has 1 aliphatic rings. The first kappa shape index (κ1) is 15.3. The van der Waals surface area contributed by atoms with Gasteiger partial charge in [-0.05, 0) is 11.6 Å². The molecule has 0 aromatic rings. The number of hydrogen-bond donors (Lipinski definition) is 3. The van der Waals surface area contributed by atoms with Crippen LogP contribution in [-0.2, 0) is 4.79 Å². The fourth-order valence-electron chi connectivity index (χ4n) is 1.50. The molecule has 0 aliphatic heterocycles. The van der Waals surface area contributed by atoms with Gasteiger partial charge >= 0.3 is 0 Å². The van der Waals surface area contributed by atoms with Crippen LogP contribution in [0.3, 0.4) is 0 Å². The molecule has 94 valence electrons. The molecule has 0 spiro atoms. The number of aliphatic hydroxyl groups is 3. The van der Waals surface area contributed by atoms with E-state index in [4.69, 9.17) is 0 Å². The standard InChI is InChI=1S/C10H16O4.C2H6/c1-5(2)9(13)6-3-7(11)10(14)8(12)4-6;1-2/h3,5,7-8,10-12,14H,4H2,1-2H3;1-2H3. The number of aliphatic hydroxyl groups excluding tert-OH is 3. The number of Topliss-reactive ketones (excluding diaryl/α,β-unsaturated/α-hetero) is 1. The molecule has 0 heterocycles. The maximum atomic E-state index is 11.5. The van der Waals surface area contributed by atoms with Gasteiger partial charge in [0, 0.05) is 12.3 Å². The van der Waals surface area contributed by atoms with E-state index in [9.17, 15) is 20.1 Å². The molecule has 3 N–H and O–H groups in total. The van der Waals surface area contributed by atoms with E-state index in [0.29, 0.717) is 5.57 Å². The second-order valence-corrected chi connectivity index (χ2v) is 3.96. The Kier molecular flexibility index (Phi) is 6.48. The molecule has 16 heavy (non-hydrogen) atoms. The van der Waals surface area contributed by atoms with Crippen LogP contribution in [0.2, 0.25) is 0 Å². The summed E-state index contributed by atoms with van der Waals surface area (Å²) in [6.45, 7) is 7.51. The first-order valence-corrected chi connectivity index (χ1v) is 5.72. The van der Waals surface area contributed by atoms with Crippen LogP contribution >= 0.6 is 0 Å². The topological polar surface area (TPSA) is 77.8 Å². The summed E-state index contributed by atoms with van der Waals surface area (Å²) in [5.74, 6) is -0.245. The van der Waals surface area contributed by atoms with E-state index < -0.39 is 18.3 Å². The molecule has 3 unspecified atom stereocenters. The summed E-state index contributed by atoms with van der Waals surface area (Å²) in [6.07, 6.45) is -1.92. The van der Waals surface area contributed by atoms with Gasteiger partial charge in [-0.3, -0.25) is 4.79 Å². The Morgan fingerprint density at radius 3 is 2.19 bits per heavy atom. The molecule has 4 nitrogen and oxygen atoms in total. The van der Waals surface area contributed by atoms with Crippen LogP contribution in [0.1, 0.15) is 34.1 Å². The fraction of sp³-hybridized carbons (Fsp3) is 0.750. The van der Waals surface area contributed by atoms with Crippen LogP contribution in [0.15, 0.2) is 11.6 Å². The van der Waals surface area contributed by atoms with Crippen molar-refractivity contribution in [3.63, 3.8) is 0 Å². The highest BCUT2D eigenvalue weighted by Gasteiger charge is 2.31. The molecule has 0 bridgehead atoms. The van der Waals surface area contributed by atoms with Gasteiger partial charge < -0.3 is 15.3 Å². The molecule has 0 saturated heterocycles. The summed E-state index contributed by atoms with van der Waals surface area (Å²) >= 11 is 0. The minimum Gasteiger partial charge on any atom is -0.390 e. The van der Waals surface area contributed by atoms with Crippen LogP contribution < -0.4 is 0 Å². The minimum atomic E-state index is -1.18. The number of ketones is 1. The van der Waals surface area contributed by atoms with Crippen molar-refractivity contribution >= 4 is 5.78 Å². The van der Waals surface area contributed by atoms with E-state index in [-0.39, 0.29) is 18.1 Å². The van der Waals surface area contributed by atoms with Gasteiger partial charge in [-0.2, -0.15) is 0 Å². The number of carbonyl (C=O) groups is 1. The molecular weight excluding hydrogens is 208 g/mol. The largest absolute Gasteiger partial charge is 0.390 e. The number of rotatable bonds is 2. The lowest BCUT2D eigenvalue weighted by atomic mass is 9.87. The van der Waals surface area contributed by atoms with E-state index in [2.05, 4.69) is 0 Å². The SMILES string of the molecule is CC.CC(C)C(=O)C1=CC(O)C(O)C(O)C1. The van der Waals surface area contributed by atoms with Crippen molar-refractivity contribution in [3.05, 3.63) is 11.6 Å². The van der Waals surface area contributed by atoms with E-state index >= 15 is 0 Å². The van der Waals surface area contributed by atoms with E-state index in [1.54, 1.807) is 13.8 Å². The van der Waals surface area contributed by atoms with E-state index in [1.807, 2.05) is 13.8 Å². The zero-order chi connectivity index (χ0) is 12.9. The Labute approximate surface area is 96.6 Å². The van der Waals surface area contributed by atoms with Crippen molar-refractivity contribution in [1.29, 1.82) is 0 Å². The van der Waals surface area contributed by atoms with Gasteiger partial charge in [-0.25, -0.2) is 0 Å². The van der Waals surface area contributed by atoms with Gasteiger partial charge in [-0.1, -0.05) is 27.7 Å². The number of hydrogen-bond acceptors (Lipinski definition) is 4. The maximum absolute atomic E-state index is 11.5. The molecule has 0 radical (unpaired) electrons. The monoisotopic (exact) mass is 230 g/mol. The van der Waals surface area contributed by atoms with Crippen LogP contribution in [0.4, 0.5) is 0 Å². The van der Waals surface area contributed by atoms with Crippen molar-refractivity contribution in [2.45, 2.75) is 52.4 Å². The molecule has 4 heteroatoms. The number of carbonyl (C=O) groups excluding carboxylic acids is 1. The van der Waals surface area contributed by atoms with Gasteiger partial charge in [0.1, 0.15) is 12.2 Å². The average Bonchev–Trinajstić information content (AvgIpc) is 2.26. The first-order valence-electron chi connectivity index (χ1n) is 5.72. The van der Waals surface area contributed by atoms with E-state index in [0.717, 1.165) is 0 Å². The summed E-state index contributed by atoms with van der Waals surface area (Å²) in [4.78, 5) is 11.5. The van der Waals surface area contributed by atoms with Crippen LogP contribution in [0.25, 0.3) is 0 Å². The zero-order valence-corrected chi connectivity index (χ0v) is 10.3. The molecular formula is C12H22O4. The molecule has 0 amide bonds. The van der Waals surface area contributed by atoms with Crippen molar-refractivity contribution in [2.75, 3.05) is 0 Å². The zero-order valence-electron chi connectivity index (χ0n) is 10.3. The van der Waals surface area contributed by atoms with Crippen molar-refractivity contribution in [3.8, 4) is 0 Å². The summed E-state index contributed by atoms with van der Waals surface area (Å²) in [5, 5.41) is 27.9. The van der Waals surface area contributed by atoms with Gasteiger partial charge in [0.05, 0.1) is 6.10 Å². The lowest BCUT2D eigenvalue weighted by Crippen LogP contribution is -2.41. The van der Waals surface area contributed by atoms with Gasteiger partial charge in [-0.15, -0.1) is 0 Å². The quantitative estimate of drug-likeness (QED) is 0.651. The fourth-order valence-corrected chi connectivity index (χ4v) is 1.50. The first-order chi connectivity index (χ1) is 7.43. The van der Waals surface area contributed by atoms with Gasteiger partial charge in [0.25, 0.3) is 0 Å². The third-order valence-corrected chi connectivity index (χ3v) is 2.39. The normalized spacial score (nSPS) is 29.2. The lowest BCUT2D eigenvalue weighted by molar-refractivity contribution is -0.119. The molecule has 1 rings (SSSR count). The Morgan fingerprint density at radius 1 is 1.31 bits per heavy atom. The second kappa shape index (κ2) is 6.78. The van der Waals surface area contributed by atoms with E-state index in [1.165, 1.54) is 6.08 Å². The predicted octanol–water partition coefficient (Wildman–Crippen LogP) is 0.651. The maximum Gasteiger partial charge on any atom is 0.161 e. The Hall–Kier alpha value is -0.710.